The third-order valence-corrected chi connectivity index (χ3v) is 3.24. The Morgan fingerprint density at radius 1 is 0.889 bits per heavy atom. The van der Waals surface area contributed by atoms with Crippen LogP contribution in [0.15, 0.2) is 58.8 Å². The fraction of sp³-hybridized carbons (Fsp3) is 0.278. The number of aliphatic carboxylic acids is 1. The maximum atomic E-state index is 12.1. The summed E-state index contributed by atoms with van der Waals surface area (Å²) in [5.41, 5.74) is 0.923. The summed E-state index contributed by atoms with van der Waals surface area (Å²) in [6, 6.07) is 11.8. The summed E-state index contributed by atoms with van der Waals surface area (Å²) in [6.07, 6.45) is -3.43. The van der Waals surface area contributed by atoms with Gasteiger partial charge in [-0.3, -0.25) is 4.79 Å². The van der Waals surface area contributed by atoms with Crippen molar-refractivity contribution in [2.24, 2.45) is 10.2 Å². The molecular weight excluding hydrogens is 365 g/mol. The van der Waals surface area contributed by atoms with Crippen molar-refractivity contribution in [3.05, 3.63) is 48.5 Å². The van der Waals surface area contributed by atoms with Crippen LogP contribution in [0.1, 0.15) is 19.3 Å². The molecule has 9 heteroatoms. The van der Waals surface area contributed by atoms with Gasteiger partial charge in [-0.05, 0) is 61.4 Å². The summed E-state index contributed by atoms with van der Waals surface area (Å²) >= 11 is 0. The number of nitrogens with zero attached hydrogens (tertiary/aromatic N) is 2. The maximum absolute atomic E-state index is 12.1. The number of hydrogen-bond acceptors (Lipinski definition) is 5. The number of carbonyl (C=O) groups is 1. The lowest BCUT2D eigenvalue weighted by Gasteiger charge is -2.08. The molecule has 27 heavy (non-hydrogen) atoms. The summed E-state index contributed by atoms with van der Waals surface area (Å²) in [6.45, 7) is 0.417. The predicted molar refractivity (Wildman–Crippen MR) is 90.7 cm³/mol. The minimum Gasteiger partial charge on any atom is -0.494 e. The second kappa shape index (κ2) is 9.56. The summed E-state index contributed by atoms with van der Waals surface area (Å²) in [5, 5.41) is 16.5. The van der Waals surface area contributed by atoms with Crippen molar-refractivity contribution in [1.29, 1.82) is 0 Å². The van der Waals surface area contributed by atoms with Gasteiger partial charge in [-0.25, -0.2) is 0 Å². The van der Waals surface area contributed by atoms with Crippen LogP contribution >= 0.6 is 0 Å². The third-order valence-electron chi connectivity index (χ3n) is 3.24. The molecule has 0 spiro atoms. The van der Waals surface area contributed by atoms with E-state index in [1.807, 2.05) is 0 Å². The van der Waals surface area contributed by atoms with E-state index in [0.717, 1.165) is 12.1 Å². The largest absolute Gasteiger partial charge is 0.573 e. The van der Waals surface area contributed by atoms with Crippen LogP contribution in [0.4, 0.5) is 24.5 Å². The van der Waals surface area contributed by atoms with Gasteiger partial charge in [0.25, 0.3) is 0 Å². The van der Waals surface area contributed by atoms with Crippen LogP contribution in [0, 0.1) is 0 Å². The van der Waals surface area contributed by atoms with Gasteiger partial charge in [-0.1, -0.05) is 0 Å². The normalized spacial score (nSPS) is 11.5. The number of unbranched alkanes of at least 4 members (excludes halogenated alkanes) is 1. The Morgan fingerprint density at radius 3 is 1.89 bits per heavy atom. The highest BCUT2D eigenvalue weighted by Gasteiger charge is 2.30. The summed E-state index contributed by atoms with van der Waals surface area (Å²) < 4.78 is 45.5. The molecule has 0 heterocycles. The molecule has 2 aromatic rings. The fourth-order valence-electron chi connectivity index (χ4n) is 2.01. The number of ether oxygens (including phenoxy) is 2. The number of halogens is 3. The molecule has 0 aromatic heterocycles. The molecule has 144 valence electrons. The van der Waals surface area contributed by atoms with Crippen molar-refractivity contribution in [2.45, 2.75) is 25.6 Å². The summed E-state index contributed by atoms with van der Waals surface area (Å²) in [4.78, 5) is 10.4. The predicted octanol–water partition coefficient (Wildman–Crippen LogP) is 5.63. The van der Waals surface area contributed by atoms with E-state index >= 15 is 0 Å². The second-order valence-corrected chi connectivity index (χ2v) is 5.43. The Labute approximate surface area is 153 Å². The van der Waals surface area contributed by atoms with Crippen LogP contribution in [0.5, 0.6) is 11.5 Å². The van der Waals surface area contributed by atoms with E-state index in [9.17, 15) is 18.0 Å². The van der Waals surface area contributed by atoms with E-state index in [1.54, 1.807) is 24.3 Å². The van der Waals surface area contributed by atoms with Crippen LogP contribution in [-0.2, 0) is 4.79 Å². The molecule has 0 aliphatic carbocycles. The molecule has 2 rings (SSSR count). The maximum Gasteiger partial charge on any atom is 0.573 e. The Hall–Kier alpha value is -3.10. The lowest BCUT2D eigenvalue weighted by atomic mass is 10.2. The monoisotopic (exact) mass is 382 g/mol. The Morgan fingerprint density at radius 2 is 1.41 bits per heavy atom. The number of rotatable bonds is 9. The zero-order valence-corrected chi connectivity index (χ0v) is 14.1. The highest BCUT2D eigenvalue weighted by atomic mass is 19.4. The zero-order valence-electron chi connectivity index (χ0n) is 14.1. The van der Waals surface area contributed by atoms with Crippen molar-refractivity contribution < 1.29 is 32.5 Å². The molecule has 0 aliphatic rings. The van der Waals surface area contributed by atoms with Crippen molar-refractivity contribution in [2.75, 3.05) is 6.61 Å². The molecule has 0 amide bonds. The lowest BCUT2D eigenvalue weighted by Crippen LogP contribution is -2.16. The van der Waals surface area contributed by atoms with E-state index in [4.69, 9.17) is 9.84 Å². The van der Waals surface area contributed by atoms with Crippen LogP contribution in [0.3, 0.4) is 0 Å². The van der Waals surface area contributed by atoms with Crippen molar-refractivity contribution >= 4 is 17.3 Å². The summed E-state index contributed by atoms with van der Waals surface area (Å²) in [5.74, 6) is -0.531. The molecule has 0 bridgehead atoms. The minimum absolute atomic E-state index is 0.117. The minimum atomic E-state index is -4.73. The highest BCUT2D eigenvalue weighted by Crippen LogP contribution is 2.26. The third kappa shape index (κ3) is 8.21. The van der Waals surface area contributed by atoms with Gasteiger partial charge in [0.05, 0.1) is 18.0 Å². The van der Waals surface area contributed by atoms with Crippen molar-refractivity contribution in [3.8, 4) is 11.5 Å². The molecule has 0 unspecified atom stereocenters. The van der Waals surface area contributed by atoms with E-state index in [1.165, 1.54) is 12.1 Å². The van der Waals surface area contributed by atoms with E-state index in [-0.39, 0.29) is 12.2 Å². The van der Waals surface area contributed by atoms with Crippen LogP contribution in [0.2, 0.25) is 0 Å². The number of azo groups is 1. The first-order valence-electron chi connectivity index (χ1n) is 8.04. The first kappa shape index (κ1) is 20.2. The number of hydrogen-bond donors (Lipinski definition) is 1. The molecule has 0 fully saturated rings. The van der Waals surface area contributed by atoms with E-state index < -0.39 is 12.3 Å². The van der Waals surface area contributed by atoms with Gasteiger partial charge < -0.3 is 14.6 Å². The Balaban J connectivity index is 1.82. The van der Waals surface area contributed by atoms with Gasteiger partial charge in [0.15, 0.2) is 0 Å². The number of carboxylic acid groups (broad SMARTS) is 1. The molecule has 1 N–H and O–H groups in total. The summed E-state index contributed by atoms with van der Waals surface area (Å²) in [7, 11) is 0. The van der Waals surface area contributed by atoms with E-state index in [2.05, 4.69) is 15.0 Å². The van der Waals surface area contributed by atoms with Crippen molar-refractivity contribution in [1.82, 2.24) is 0 Å². The molecule has 0 saturated heterocycles. The highest BCUT2D eigenvalue weighted by molar-refractivity contribution is 5.66. The number of alkyl halides is 3. The van der Waals surface area contributed by atoms with Crippen molar-refractivity contribution in [3.63, 3.8) is 0 Å². The van der Waals surface area contributed by atoms with Gasteiger partial charge in [-0.2, -0.15) is 10.2 Å². The first-order valence-corrected chi connectivity index (χ1v) is 8.04. The molecule has 0 radical (unpaired) electrons. The quantitative estimate of drug-likeness (QED) is 0.450. The second-order valence-electron chi connectivity index (χ2n) is 5.43. The van der Waals surface area contributed by atoms with Gasteiger partial charge in [0.2, 0.25) is 0 Å². The van der Waals surface area contributed by atoms with Crippen LogP contribution in [0.25, 0.3) is 0 Å². The first-order chi connectivity index (χ1) is 12.8. The zero-order chi connectivity index (χ0) is 19.7. The van der Waals surface area contributed by atoms with Gasteiger partial charge in [0.1, 0.15) is 11.5 Å². The van der Waals surface area contributed by atoms with Gasteiger partial charge in [0, 0.05) is 6.42 Å². The molecule has 0 aliphatic heterocycles. The smallest absolute Gasteiger partial charge is 0.494 e. The van der Waals surface area contributed by atoms with Crippen LogP contribution in [-0.4, -0.2) is 24.0 Å². The van der Waals surface area contributed by atoms with E-state index in [0.29, 0.717) is 36.6 Å². The lowest BCUT2D eigenvalue weighted by molar-refractivity contribution is -0.274. The molecule has 6 nitrogen and oxygen atoms in total. The average molecular weight is 382 g/mol. The average Bonchev–Trinajstić information content (AvgIpc) is 2.60. The van der Waals surface area contributed by atoms with Gasteiger partial charge in [-0.15, -0.1) is 13.2 Å². The van der Waals surface area contributed by atoms with Crippen LogP contribution < -0.4 is 9.47 Å². The Bertz CT molecular complexity index is 760. The number of benzene rings is 2. The molecule has 2 aromatic carbocycles. The molecular formula is C18H17F3N2O4. The SMILES string of the molecule is O=C(O)CCCCOc1ccc(N=Nc2ccc(OC(F)(F)F)cc2)cc1. The van der Waals surface area contributed by atoms with Gasteiger partial charge >= 0.3 is 12.3 Å². The molecule has 0 saturated carbocycles. The number of carboxylic acids is 1. The fourth-order valence-corrected chi connectivity index (χ4v) is 2.01. The molecule has 0 atom stereocenters. The Kier molecular flexibility index (Phi) is 7.16. The topological polar surface area (TPSA) is 80.5 Å². The standard InChI is InChI=1S/C18H17F3N2O4/c19-18(20,21)27-16-10-6-14(7-11-16)23-22-13-4-8-15(9-5-13)26-12-2-1-3-17(24)25/h4-11H,1-3,12H2,(H,24,25).